The monoisotopic (exact) mass is 409 g/mol. The summed E-state index contributed by atoms with van der Waals surface area (Å²) in [6.07, 6.45) is 0.641. The molecule has 2 amide bonds. The van der Waals surface area contributed by atoms with Crippen molar-refractivity contribution in [2.75, 3.05) is 37.7 Å². The van der Waals surface area contributed by atoms with Gasteiger partial charge in [-0.15, -0.1) is 0 Å². The smallest absolute Gasteiger partial charge is 0.409 e. The molecule has 1 aromatic rings. The molecule has 2 aliphatic heterocycles. The molecule has 1 aromatic carbocycles. The minimum atomic E-state index is -3.65. The molecule has 0 radical (unpaired) electrons. The lowest BCUT2D eigenvalue weighted by atomic mass is 10.1. The van der Waals surface area contributed by atoms with Gasteiger partial charge in [0.15, 0.2) is 0 Å². The maximum absolute atomic E-state index is 13.1. The molecule has 1 atom stereocenters. The fourth-order valence-electron chi connectivity index (χ4n) is 3.79. The van der Waals surface area contributed by atoms with E-state index >= 15 is 0 Å². The number of benzene rings is 1. The van der Waals surface area contributed by atoms with Crippen molar-refractivity contribution >= 4 is 27.7 Å². The summed E-state index contributed by atoms with van der Waals surface area (Å²) >= 11 is 0. The van der Waals surface area contributed by atoms with Gasteiger partial charge >= 0.3 is 6.09 Å². The molecule has 154 valence electrons. The van der Waals surface area contributed by atoms with Crippen LogP contribution >= 0.6 is 0 Å². The summed E-state index contributed by atoms with van der Waals surface area (Å²) in [6.45, 7) is 6.89. The predicted octanol–water partition coefficient (Wildman–Crippen LogP) is 1.84. The molecule has 1 saturated heterocycles. The highest BCUT2D eigenvalue weighted by Crippen LogP contribution is 2.35. The van der Waals surface area contributed by atoms with Crippen molar-refractivity contribution in [3.05, 3.63) is 23.8 Å². The first-order valence-corrected chi connectivity index (χ1v) is 11.1. The van der Waals surface area contributed by atoms with E-state index in [2.05, 4.69) is 0 Å². The van der Waals surface area contributed by atoms with Crippen LogP contribution in [0, 0.1) is 0 Å². The Labute approximate surface area is 166 Å². The Bertz CT molecular complexity index is 862. The molecule has 8 nitrogen and oxygen atoms in total. The molecule has 0 aromatic heterocycles. The number of hydrogen-bond acceptors (Lipinski definition) is 5. The van der Waals surface area contributed by atoms with E-state index in [4.69, 9.17) is 4.74 Å². The average molecular weight is 410 g/mol. The number of hydrogen-bond donors (Lipinski definition) is 0. The lowest BCUT2D eigenvalue weighted by Gasteiger charge is -2.33. The summed E-state index contributed by atoms with van der Waals surface area (Å²) in [6, 6.07) is 5.00. The summed E-state index contributed by atoms with van der Waals surface area (Å²) in [7, 11) is -3.65. The van der Waals surface area contributed by atoms with Crippen LogP contribution in [0.5, 0.6) is 0 Å². The first-order valence-electron chi connectivity index (χ1n) is 9.66. The number of ether oxygens (including phenoxy) is 1. The molecule has 1 fully saturated rings. The molecule has 2 aliphatic rings. The van der Waals surface area contributed by atoms with Gasteiger partial charge in [0.2, 0.25) is 15.9 Å². The molecule has 0 spiro atoms. The Balaban J connectivity index is 1.77. The van der Waals surface area contributed by atoms with Crippen molar-refractivity contribution in [2.24, 2.45) is 0 Å². The number of amides is 2. The molecule has 0 bridgehead atoms. The van der Waals surface area contributed by atoms with E-state index < -0.39 is 16.1 Å². The third kappa shape index (κ3) is 3.73. The van der Waals surface area contributed by atoms with Crippen molar-refractivity contribution in [1.82, 2.24) is 9.21 Å². The van der Waals surface area contributed by atoms with E-state index in [1.54, 1.807) is 30.0 Å². The normalized spacial score (nSPS) is 20.2. The van der Waals surface area contributed by atoms with Crippen LogP contribution in [0.15, 0.2) is 23.1 Å². The average Bonchev–Trinajstić information content (AvgIpc) is 3.02. The van der Waals surface area contributed by atoms with Crippen LogP contribution in [-0.4, -0.2) is 68.5 Å². The number of carbonyl (C=O) groups is 2. The zero-order valence-corrected chi connectivity index (χ0v) is 17.4. The second-order valence-corrected chi connectivity index (χ2v) is 8.99. The molecule has 3 rings (SSSR count). The van der Waals surface area contributed by atoms with Gasteiger partial charge in [-0.25, -0.2) is 13.2 Å². The van der Waals surface area contributed by atoms with Crippen LogP contribution in [0.3, 0.4) is 0 Å². The zero-order chi connectivity index (χ0) is 20.5. The Hall–Kier alpha value is -2.13. The lowest BCUT2D eigenvalue weighted by Crippen LogP contribution is -2.50. The van der Waals surface area contributed by atoms with Crippen molar-refractivity contribution in [1.29, 1.82) is 0 Å². The number of anilines is 1. The quantitative estimate of drug-likeness (QED) is 0.757. The number of rotatable bonds is 4. The van der Waals surface area contributed by atoms with Crippen molar-refractivity contribution < 1.29 is 22.7 Å². The summed E-state index contributed by atoms with van der Waals surface area (Å²) in [4.78, 5) is 27.5. The van der Waals surface area contributed by atoms with E-state index in [1.807, 2.05) is 13.8 Å². The van der Waals surface area contributed by atoms with Crippen LogP contribution in [-0.2, 0) is 26.0 Å². The van der Waals surface area contributed by atoms with Crippen LogP contribution in [0.2, 0.25) is 0 Å². The first kappa shape index (κ1) is 20.6. The van der Waals surface area contributed by atoms with E-state index in [0.29, 0.717) is 32.5 Å². The van der Waals surface area contributed by atoms with Crippen LogP contribution in [0.1, 0.15) is 32.8 Å². The molecular weight excluding hydrogens is 382 g/mol. The third-order valence-electron chi connectivity index (χ3n) is 5.24. The van der Waals surface area contributed by atoms with Gasteiger partial charge in [0.1, 0.15) is 0 Å². The fourth-order valence-corrected chi connectivity index (χ4v) is 5.27. The molecular formula is C19H27N3O5S. The van der Waals surface area contributed by atoms with Gasteiger partial charge in [-0.05, 0) is 44.0 Å². The number of carbonyl (C=O) groups excluding carboxylic acids is 2. The van der Waals surface area contributed by atoms with Gasteiger partial charge in [-0.3, -0.25) is 4.79 Å². The van der Waals surface area contributed by atoms with Crippen molar-refractivity contribution in [3.63, 3.8) is 0 Å². The maximum Gasteiger partial charge on any atom is 0.409 e. The summed E-state index contributed by atoms with van der Waals surface area (Å²) < 4.78 is 32.5. The lowest BCUT2D eigenvalue weighted by molar-refractivity contribution is -0.118. The number of fused-ring (bicyclic) bond motifs is 1. The molecule has 9 heteroatoms. The molecule has 0 unspecified atom stereocenters. The van der Waals surface area contributed by atoms with Crippen molar-refractivity contribution in [2.45, 2.75) is 44.6 Å². The number of nitrogens with zero attached hydrogens (tertiary/aromatic N) is 3. The predicted molar refractivity (Wildman–Crippen MR) is 105 cm³/mol. The van der Waals surface area contributed by atoms with Gasteiger partial charge in [0.05, 0.1) is 11.5 Å². The summed E-state index contributed by atoms with van der Waals surface area (Å²) in [5.74, 6) is 0.0388. The van der Waals surface area contributed by atoms with E-state index in [9.17, 15) is 18.0 Å². The molecule has 0 saturated carbocycles. The molecule has 0 N–H and O–H groups in total. The largest absolute Gasteiger partial charge is 0.450 e. The van der Waals surface area contributed by atoms with Crippen LogP contribution < -0.4 is 4.90 Å². The van der Waals surface area contributed by atoms with Crippen LogP contribution in [0.25, 0.3) is 0 Å². The highest BCUT2D eigenvalue weighted by atomic mass is 32.2. The summed E-state index contributed by atoms with van der Waals surface area (Å²) in [5.41, 5.74) is 1.67. The van der Waals surface area contributed by atoms with Gasteiger partial charge in [0.25, 0.3) is 0 Å². The van der Waals surface area contributed by atoms with E-state index in [-0.39, 0.29) is 29.9 Å². The van der Waals surface area contributed by atoms with Crippen LogP contribution in [0.4, 0.5) is 10.5 Å². The fraction of sp³-hybridized carbons (Fsp3) is 0.579. The van der Waals surface area contributed by atoms with Crippen molar-refractivity contribution in [3.8, 4) is 0 Å². The molecule has 2 heterocycles. The van der Waals surface area contributed by atoms with Gasteiger partial charge in [0, 0.05) is 44.3 Å². The standard InChI is InChI=1S/C19H27N3O5S/c1-4-18(23)22-14(3)12-15-13-16(6-7-17(15)22)28(25,26)21-10-8-20(9-11-21)19(24)27-5-2/h6-7,13-14H,4-5,8-12H2,1-3H3/t14-/m0/s1. The van der Waals surface area contributed by atoms with E-state index in [0.717, 1.165) is 11.3 Å². The highest BCUT2D eigenvalue weighted by Gasteiger charge is 2.34. The second kappa shape index (κ2) is 8.08. The topological polar surface area (TPSA) is 87.2 Å². The first-order chi connectivity index (χ1) is 13.3. The Morgan fingerprint density at radius 1 is 1.14 bits per heavy atom. The minimum absolute atomic E-state index is 0.0218. The highest BCUT2D eigenvalue weighted by molar-refractivity contribution is 7.89. The number of sulfonamides is 1. The van der Waals surface area contributed by atoms with Gasteiger partial charge in [-0.2, -0.15) is 4.31 Å². The Kier molecular flexibility index (Phi) is 5.95. The SMILES string of the molecule is CCOC(=O)N1CCN(S(=O)(=O)c2ccc3c(c2)C[C@H](C)N3C(=O)CC)CC1. The van der Waals surface area contributed by atoms with Gasteiger partial charge < -0.3 is 14.5 Å². The second-order valence-electron chi connectivity index (χ2n) is 7.05. The van der Waals surface area contributed by atoms with E-state index in [1.165, 1.54) is 9.21 Å². The maximum atomic E-state index is 13.1. The molecule has 28 heavy (non-hydrogen) atoms. The minimum Gasteiger partial charge on any atom is -0.450 e. The Morgan fingerprint density at radius 3 is 2.43 bits per heavy atom. The number of piperazine rings is 1. The Morgan fingerprint density at radius 2 is 1.82 bits per heavy atom. The van der Waals surface area contributed by atoms with Gasteiger partial charge in [-0.1, -0.05) is 6.92 Å². The zero-order valence-electron chi connectivity index (χ0n) is 16.6. The third-order valence-corrected chi connectivity index (χ3v) is 7.13. The molecule has 0 aliphatic carbocycles. The summed E-state index contributed by atoms with van der Waals surface area (Å²) in [5, 5.41) is 0.